The van der Waals surface area contributed by atoms with Crippen LogP contribution in [0.3, 0.4) is 0 Å². The molecule has 0 unspecified atom stereocenters. The van der Waals surface area contributed by atoms with Crippen molar-refractivity contribution in [3.63, 3.8) is 0 Å². The molecule has 0 aromatic carbocycles. The summed E-state index contributed by atoms with van der Waals surface area (Å²) in [4.78, 5) is 21.6. The third kappa shape index (κ3) is 92.8. The van der Waals surface area contributed by atoms with Gasteiger partial charge in [-0.05, 0) is 0 Å². The van der Waals surface area contributed by atoms with Crippen LogP contribution < -0.4 is 0 Å². The second-order valence-electron chi connectivity index (χ2n) is 0.513. The Kier molecular flexibility index (Phi) is 25.6. The van der Waals surface area contributed by atoms with Gasteiger partial charge in [0.2, 0.25) is 0 Å². The van der Waals surface area contributed by atoms with Crippen molar-refractivity contribution in [2.24, 2.45) is 0 Å². The van der Waals surface area contributed by atoms with Gasteiger partial charge >= 0.3 is 68.6 Å². The number of hydrogen-bond donors (Lipinski definition) is 3. The minimum absolute atomic E-state index is 0. The van der Waals surface area contributed by atoms with E-state index in [2.05, 4.69) is 0 Å². The molecule has 8 heteroatoms. The van der Waals surface area contributed by atoms with Crippen molar-refractivity contribution in [2.75, 3.05) is 0 Å². The van der Waals surface area contributed by atoms with Crippen LogP contribution in [-0.4, -0.2) is 80.9 Å². The van der Waals surface area contributed by atoms with Gasteiger partial charge in [-0.25, -0.2) is 4.57 Å². The van der Waals surface area contributed by atoms with Crippen LogP contribution in [0.5, 0.6) is 0 Å². The van der Waals surface area contributed by atoms with Crippen molar-refractivity contribution < 1.29 is 30.4 Å². The monoisotopic (exact) mass is 184 g/mol. The van der Waals surface area contributed by atoms with Crippen LogP contribution in [0.15, 0.2) is 0 Å². The van der Waals surface area contributed by atoms with E-state index >= 15 is 0 Å². The fraction of sp³-hybridized carbons (Fsp3) is 0. The van der Waals surface area contributed by atoms with Gasteiger partial charge in [0.25, 0.3) is 0 Å². The average Bonchev–Trinajstić information content (AvgIpc) is 0.722. The Balaban J connectivity index is -0.00000000381. The molecule has 0 radical (unpaired) electrons. The third-order valence-corrected chi connectivity index (χ3v) is 0. The van der Waals surface area contributed by atoms with Gasteiger partial charge < -0.3 is 25.9 Å². The zero-order valence-corrected chi connectivity index (χ0v) is 8.63. The second kappa shape index (κ2) is 9.10. The van der Waals surface area contributed by atoms with Crippen molar-refractivity contribution >= 4 is 68.6 Å². The summed E-state index contributed by atoms with van der Waals surface area (Å²) in [5.41, 5.74) is 0. The summed E-state index contributed by atoms with van der Waals surface area (Å²) in [6.45, 7) is 0. The van der Waals surface area contributed by atoms with Crippen LogP contribution in [0.25, 0.3) is 0 Å². The van der Waals surface area contributed by atoms with Crippen LogP contribution in [0.1, 0.15) is 5.71 Å². The Morgan fingerprint density at radius 1 is 1.25 bits per heavy atom. The van der Waals surface area contributed by atoms with E-state index in [4.69, 9.17) is 19.2 Å². The number of phosphoric acid groups is 1. The number of rotatable bonds is 0. The summed E-state index contributed by atoms with van der Waals surface area (Å²) < 4.78 is 8.88. The Hall–Kier alpha value is 2.10. The van der Waals surface area contributed by atoms with Gasteiger partial charge in [0.1, 0.15) is 0 Å². The molecule has 0 heterocycles. The predicted molar refractivity (Wildman–Crippen MR) is 33.8 cm³/mol. The molecule has 0 aliphatic rings. The van der Waals surface area contributed by atoms with Crippen LogP contribution in [0, 0.1) is 0 Å². The molecule has 0 saturated carbocycles. The molecular weight excluding hydrogens is 175 g/mol. The molecule has 5 N–H and O–H groups in total. The van der Waals surface area contributed by atoms with E-state index in [0.717, 1.165) is 0 Å². The van der Waals surface area contributed by atoms with Crippen molar-refractivity contribution in [3.8, 4) is 0 Å². The van der Waals surface area contributed by atoms with E-state index in [1.165, 1.54) is 0 Å². The first-order valence-corrected chi connectivity index (χ1v) is 2.35. The molecule has 0 aliphatic carbocycles. The van der Waals surface area contributed by atoms with Crippen molar-refractivity contribution in [3.05, 3.63) is 0 Å². The molecule has 0 aromatic heterocycles. The Morgan fingerprint density at radius 2 is 1.25 bits per heavy atom. The molecule has 8 heavy (non-hydrogen) atoms. The van der Waals surface area contributed by atoms with E-state index < -0.39 is 7.82 Å². The SMILES string of the molecule is O.O=P(O)(O)O.[Ca+2].[H-].[H-].[H-].[H-].[Mg+2]. The van der Waals surface area contributed by atoms with Crippen molar-refractivity contribution in [1.29, 1.82) is 0 Å². The van der Waals surface area contributed by atoms with Crippen LogP contribution in [-0.2, 0) is 4.57 Å². The minimum atomic E-state index is -4.64. The van der Waals surface area contributed by atoms with E-state index in [1.807, 2.05) is 0 Å². The first kappa shape index (κ1) is 22.5. The Labute approximate surface area is 98.1 Å². The summed E-state index contributed by atoms with van der Waals surface area (Å²) >= 11 is 0. The van der Waals surface area contributed by atoms with Crippen molar-refractivity contribution in [1.82, 2.24) is 0 Å². The van der Waals surface area contributed by atoms with E-state index in [-0.39, 0.29) is 72.0 Å². The predicted octanol–water partition coefficient (Wildman–Crippen LogP) is -2.06. The zero-order chi connectivity index (χ0) is 4.50. The molecule has 0 saturated heterocycles. The standard InChI is InChI=1S/Ca.Mg.H3O4P.H2O.4H/c;;1-5(2,3)4;;;;;/h;;(H3,1,2,3,4);1H2;;;;/q2*+2;;;4*-1. The first-order chi connectivity index (χ1) is 2.00. The Bertz CT molecular complexity index is 69.6. The molecule has 5 nitrogen and oxygen atoms in total. The van der Waals surface area contributed by atoms with Crippen LogP contribution >= 0.6 is 7.82 Å². The molecule has 0 fully saturated rings. The molecule has 0 aromatic rings. The molecule has 48 valence electrons. The molecule has 0 aliphatic heterocycles. The minimum Gasteiger partial charge on any atom is -1.00 e. The second-order valence-corrected chi connectivity index (χ2v) is 1.54. The van der Waals surface area contributed by atoms with Gasteiger partial charge in [-0.1, -0.05) is 0 Å². The van der Waals surface area contributed by atoms with E-state index in [0.29, 0.717) is 0 Å². The topological polar surface area (TPSA) is 109 Å². The maximum Gasteiger partial charge on any atom is 2.00 e. The maximum absolute atomic E-state index is 8.88. The summed E-state index contributed by atoms with van der Waals surface area (Å²) in [5, 5.41) is 0. The smallest absolute Gasteiger partial charge is 1.00 e. The summed E-state index contributed by atoms with van der Waals surface area (Å²) in [5.74, 6) is 0. The molecule has 0 rings (SSSR count). The summed E-state index contributed by atoms with van der Waals surface area (Å²) in [6.07, 6.45) is 0. The van der Waals surface area contributed by atoms with E-state index in [9.17, 15) is 0 Å². The fourth-order valence-electron chi connectivity index (χ4n) is 0. The van der Waals surface area contributed by atoms with Gasteiger partial charge in [0.05, 0.1) is 0 Å². The molecule has 0 amide bonds. The normalized spacial score (nSPS) is 7.38. The molecule has 0 atom stereocenters. The average molecular weight is 184 g/mol. The van der Waals surface area contributed by atoms with Crippen LogP contribution in [0.2, 0.25) is 0 Å². The Morgan fingerprint density at radius 3 is 1.25 bits per heavy atom. The number of hydrogen-bond acceptors (Lipinski definition) is 1. The molecular formula is H9CaMgO5P. The molecule has 0 bridgehead atoms. The third-order valence-electron chi connectivity index (χ3n) is 0. The van der Waals surface area contributed by atoms with Gasteiger partial charge in [0.15, 0.2) is 0 Å². The summed E-state index contributed by atoms with van der Waals surface area (Å²) in [7, 11) is -4.64. The first-order valence-electron chi connectivity index (χ1n) is 0.783. The van der Waals surface area contributed by atoms with Gasteiger partial charge in [-0.3, -0.25) is 0 Å². The quantitative estimate of drug-likeness (QED) is 0.297. The fourth-order valence-corrected chi connectivity index (χ4v) is 0. The van der Waals surface area contributed by atoms with Crippen LogP contribution in [0.4, 0.5) is 0 Å². The zero-order valence-electron chi connectivity index (χ0n) is 8.11. The maximum atomic E-state index is 8.88. The van der Waals surface area contributed by atoms with Gasteiger partial charge in [-0.15, -0.1) is 0 Å². The van der Waals surface area contributed by atoms with E-state index in [1.54, 1.807) is 0 Å². The van der Waals surface area contributed by atoms with Gasteiger partial charge in [-0.2, -0.15) is 0 Å². The summed E-state index contributed by atoms with van der Waals surface area (Å²) in [6, 6.07) is 0. The van der Waals surface area contributed by atoms with Crippen molar-refractivity contribution in [2.45, 2.75) is 0 Å². The molecule has 0 spiro atoms. The van der Waals surface area contributed by atoms with Gasteiger partial charge in [0, 0.05) is 0 Å². The largest absolute Gasteiger partial charge is 2.00 e.